The molecule has 1 aliphatic rings. The summed E-state index contributed by atoms with van der Waals surface area (Å²) in [5.41, 5.74) is 6.79. The summed E-state index contributed by atoms with van der Waals surface area (Å²) in [5.74, 6) is 0.307. The molecule has 0 radical (unpaired) electrons. The topological polar surface area (TPSA) is 89.2 Å². The maximum Gasteiger partial charge on any atom is 0.248 e. The largest absolute Gasteiger partial charge is 0.366 e. The second-order valence-corrected chi connectivity index (χ2v) is 7.50. The molecule has 1 saturated carbocycles. The zero-order valence-corrected chi connectivity index (χ0v) is 14.2. The first-order chi connectivity index (χ1) is 11.0. The van der Waals surface area contributed by atoms with E-state index >= 15 is 0 Å². The van der Waals surface area contributed by atoms with Crippen molar-refractivity contribution in [2.45, 2.75) is 35.9 Å². The van der Waals surface area contributed by atoms with Gasteiger partial charge in [0.1, 0.15) is 0 Å². The fraction of sp³-hybridized carbons (Fsp3) is 0.333. The Morgan fingerprint density at radius 3 is 2.57 bits per heavy atom. The number of primary amides is 1. The smallest absolute Gasteiger partial charge is 0.248 e. The summed E-state index contributed by atoms with van der Waals surface area (Å²) in [6, 6.07) is 7.48. The van der Waals surface area contributed by atoms with Gasteiger partial charge in [-0.05, 0) is 30.5 Å². The van der Waals surface area contributed by atoms with Gasteiger partial charge in [-0.25, -0.2) is 0 Å². The van der Waals surface area contributed by atoms with Crippen LogP contribution < -0.4 is 10.6 Å². The van der Waals surface area contributed by atoms with Gasteiger partial charge in [-0.15, -0.1) is 10.2 Å². The number of nitrogens with zero attached hydrogens (tertiary/aromatic N) is 3. The van der Waals surface area contributed by atoms with Crippen LogP contribution in [0, 0.1) is 0 Å². The molecule has 1 fully saturated rings. The lowest BCUT2D eigenvalue weighted by Crippen LogP contribution is -2.30. The van der Waals surface area contributed by atoms with Gasteiger partial charge in [0.2, 0.25) is 16.9 Å². The highest BCUT2D eigenvalue weighted by atomic mass is 32.2. The molecule has 0 atom stereocenters. The van der Waals surface area contributed by atoms with Crippen molar-refractivity contribution in [2.75, 3.05) is 4.90 Å². The van der Waals surface area contributed by atoms with Gasteiger partial charge in [0.25, 0.3) is 0 Å². The minimum Gasteiger partial charge on any atom is -0.366 e. The molecular weight excluding hydrogens is 332 g/mol. The number of carbonyl (C=O) groups is 2. The van der Waals surface area contributed by atoms with E-state index in [0.717, 1.165) is 28.5 Å². The number of hydrogen-bond donors (Lipinski definition) is 1. The van der Waals surface area contributed by atoms with Crippen LogP contribution in [0.4, 0.5) is 5.13 Å². The quantitative estimate of drug-likeness (QED) is 0.640. The van der Waals surface area contributed by atoms with Crippen molar-refractivity contribution in [1.29, 1.82) is 0 Å². The number of nitrogens with two attached hydrogens (primary N) is 1. The van der Waals surface area contributed by atoms with Crippen molar-refractivity contribution < 1.29 is 9.59 Å². The Kier molecular flexibility index (Phi) is 4.63. The highest BCUT2D eigenvalue weighted by Gasteiger charge is 2.34. The first kappa shape index (κ1) is 15.9. The van der Waals surface area contributed by atoms with E-state index in [1.165, 1.54) is 11.3 Å². The molecule has 3 rings (SSSR count). The molecule has 6 nitrogen and oxygen atoms in total. The predicted octanol–water partition coefficient (Wildman–Crippen LogP) is 2.44. The van der Waals surface area contributed by atoms with E-state index in [-0.39, 0.29) is 5.91 Å². The van der Waals surface area contributed by atoms with E-state index in [0.29, 0.717) is 16.7 Å². The lowest BCUT2D eigenvalue weighted by Gasteiger charge is -2.15. The Labute approximate surface area is 142 Å². The standard InChI is InChI=1S/C15H16N4O2S2/c1-9(20)19(12-6-7-12)14-17-18-15(23-14)22-8-10-2-4-11(5-3-10)13(16)21/h2-5,12H,6-8H2,1H3,(H2,16,21). The minimum atomic E-state index is -0.428. The van der Waals surface area contributed by atoms with Crippen molar-refractivity contribution in [1.82, 2.24) is 10.2 Å². The molecule has 0 spiro atoms. The maximum atomic E-state index is 11.7. The normalized spacial score (nSPS) is 13.8. The van der Waals surface area contributed by atoms with Crippen molar-refractivity contribution in [3.05, 3.63) is 35.4 Å². The highest BCUT2D eigenvalue weighted by Crippen LogP contribution is 2.36. The molecule has 0 saturated heterocycles. The van der Waals surface area contributed by atoms with E-state index in [2.05, 4.69) is 10.2 Å². The molecule has 0 bridgehead atoms. The summed E-state index contributed by atoms with van der Waals surface area (Å²) >= 11 is 3.00. The van der Waals surface area contributed by atoms with E-state index in [9.17, 15) is 9.59 Å². The maximum absolute atomic E-state index is 11.7. The molecule has 120 valence electrons. The Morgan fingerprint density at radius 2 is 2.00 bits per heavy atom. The number of aromatic nitrogens is 2. The zero-order chi connectivity index (χ0) is 16.4. The summed E-state index contributed by atoms with van der Waals surface area (Å²) in [4.78, 5) is 24.5. The highest BCUT2D eigenvalue weighted by molar-refractivity contribution is 8.00. The lowest BCUT2D eigenvalue weighted by atomic mass is 10.1. The van der Waals surface area contributed by atoms with Gasteiger partial charge in [-0.1, -0.05) is 35.2 Å². The molecule has 23 heavy (non-hydrogen) atoms. The van der Waals surface area contributed by atoms with Gasteiger partial charge in [-0.3, -0.25) is 14.5 Å². The van der Waals surface area contributed by atoms with Crippen molar-refractivity contribution >= 4 is 40.0 Å². The van der Waals surface area contributed by atoms with E-state index in [4.69, 9.17) is 5.73 Å². The van der Waals surface area contributed by atoms with Gasteiger partial charge in [0.15, 0.2) is 4.34 Å². The minimum absolute atomic E-state index is 0.0160. The molecule has 2 aromatic rings. The van der Waals surface area contributed by atoms with Gasteiger partial charge in [-0.2, -0.15) is 0 Å². The van der Waals surface area contributed by atoms with Crippen molar-refractivity contribution in [3.63, 3.8) is 0 Å². The van der Waals surface area contributed by atoms with Gasteiger partial charge >= 0.3 is 0 Å². The monoisotopic (exact) mass is 348 g/mol. The predicted molar refractivity (Wildman–Crippen MR) is 90.6 cm³/mol. The molecule has 0 unspecified atom stereocenters. The van der Waals surface area contributed by atoms with Gasteiger partial charge in [0.05, 0.1) is 0 Å². The van der Waals surface area contributed by atoms with Crippen molar-refractivity contribution in [2.24, 2.45) is 5.73 Å². The van der Waals surface area contributed by atoms with Crippen LogP contribution in [0.2, 0.25) is 0 Å². The van der Waals surface area contributed by atoms with Crippen molar-refractivity contribution in [3.8, 4) is 0 Å². The van der Waals surface area contributed by atoms with E-state index in [1.54, 1.807) is 35.7 Å². The van der Waals surface area contributed by atoms with Gasteiger partial charge in [0, 0.05) is 24.3 Å². The van der Waals surface area contributed by atoms with Gasteiger partial charge < -0.3 is 5.73 Å². The average Bonchev–Trinajstić information content (AvgIpc) is 3.23. The fourth-order valence-corrected chi connectivity index (χ4v) is 4.06. The Morgan fingerprint density at radius 1 is 1.30 bits per heavy atom. The Balaban J connectivity index is 1.62. The van der Waals surface area contributed by atoms with Crippen LogP contribution in [0.5, 0.6) is 0 Å². The third-order valence-electron chi connectivity index (χ3n) is 3.45. The Hall–Kier alpha value is -1.93. The van der Waals surface area contributed by atoms with Crippen LogP contribution in [0.3, 0.4) is 0 Å². The lowest BCUT2D eigenvalue weighted by molar-refractivity contribution is -0.116. The molecule has 2 amide bonds. The first-order valence-corrected chi connectivity index (χ1v) is 8.99. The molecule has 1 aromatic heterocycles. The summed E-state index contributed by atoms with van der Waals surface area (Å²) in [6.45, 7) is 1.56. The average molecular weight is 348 g/mol. The Bertz CT molecular complexity index is 725. The molecule has 2 N–H and O–H groups in total. The second-order valence-electron chi connectivity index (χ2n) is 5.32. The number of amides is 2. The van der Waals surface area contributed by atoms with Crippen LogP contribution in [0.25, 0.3) is 0 Å². The molecule has 1 aliphatic carbocycles. The second kappa shape index (κ2) is 6.67. The molecule has 1 heterocycles. The van der Waals surface area contributed by atoms with Crippen LogP contribution in [-0.4, -0.2) is 28.1 Å². The third kappa shape index (κ3) is 3.89. The molecule has 0 aliphatic heterocycles. The summed E-state index contributed by atoms with van der Waals surface area (Å²) in [6.07, 6.45) is 2.07. The van der Waals surface area contributed by atoms with Crippen LogP contribution in [-0.2, 0) is 10.5 Å². The van der Waals surface area contributed by atoms with E-state index < -0.39 is 5.91 Å². The summed E-state index contributed by atoms with van der Waals surface area (Å²) in [5, 5.41) is 8.97. The van der Waals surface area contributed by atoms with Crippen LogP contribution >= 0.6 is 23.1 Å². The first-order valence-electron chi connectivity index (χ1n) is 7.19. The summed E-state index contributed by atoms with van der Waals surface area (Å²) < 4.78 is 0.825. The molecule has 8 heteroatoms. The molecule has 1 aromatic carbocycles. The number of anilines is 1. The number of thioether (sulfide) groups is 1. The van der Waals surface area contributed by atoms with Crippen LogP contribution in [0.1, 0.15) is 35.7 Å². The molecular formula is C15H16N4O2S2. The number of carbonyl (C=O) groups excluding carboxylic acids is 2. The summed E-state index contributed by atoms with van der Waals surface area (Å²) in [7, 11) is 0. The zero-order valence-electron chi connectivity index (χ0n) is 12.6. The number of rotatable bonds is 6. The number of benzene rings is 1. The van der Waals surface area contributed by atoms with E-state index in [1.807, 2.05) is 12.1 Å². The SMILES string of the molecule is CC(=O)N(c1nnc(SCc2ccc(C(N)=O)cc2)s1)C1CC1. The number of hydrogen-bond acceptors (Lipinski definition) is 6. The van der Waals surface area contributed by atoms with Crippen LogP contribution in [0.15, 0.2) is 28.6 Å². The third-order valence-corrected chi connectivity index (χ3v) is 5.58. The fourth-order valence-electron chi connectivity index (χ4n) is 2.15.